The summed E-state index contributed by atoms with van der Waals surface area (Å²) in [5, 5.41) is 24.9. The maximum absolute atomic E-state index is 10.9. The highest BCUT2D eigenvalue weighted by molar-refractivity contribution is 7.99. The number of amides is 1. The molecule has 0 spiro atoms. The molecule has 0 aromatic heterocycles. The van der Waals surface area contributed by atoms with Gasteiger partial charge in [-0.25, -0.2) is 4.79 Å². The van der Waals surface area contributed by atoms with Gasteiger partial charge in [0.1, 0.15) is 6.61 Å². The molecule has 8 heteroatoms. The molecule has 0 saturated carbocycles. The number of ether oxygens (including phenoxy) is 1. The van der Waals surface area contributed by atoms with E-state index in [0.717, 1.165) is 6.42 Å². The van der Waals surface area contributed by atoms with E-state index in [-0.39, 0.29) is 25.8 Å². The van der Waals surface area contributed by atoms with Crippen molar-refractivity contribution in [1.82, 2.24) is 0 Å². The van der Waals surface area contributed by atoms with Crippen LogP contribution in [0.1, 0.15) is 46.0 Å². The summed E-state index contributed by atoms with van der Waals surface area (Å²) >= 11 is 2.09. The second kappa shape index (κ2) is 15.9. The van der Waals surface area contributed by atoms with Gasteiger partial charge in [0.15, 0.2) is 0 Å². The summed E-state index contributed by atoms with van der Waals surface area (Å²) in [6.07, 6.45) is 4.20. The van der Waals surface area contributed by atoms with Crippen LogP contribution < -0.4 is 5.73 Å². The molecule has 0 aromatic rings. The number of carbonyl (C=O) groups is 2. The molecule has 1 amide bonds. The Balaban J connectivity index is 0. The first-order valence-corrected chi connectivity index (χ1v) is 8.90. The zero-order chi connectivity index (χ0) is 18.1. The molecule has 0 bridgehead atoms. The Morgan fingerprint density at radius 2 is 1.65 bits per heavy atom. The van der Waals surface area contributed by atoms with Gasteiger partial charge in [-0.2, -0.15) is 11.8 Å². The molecule has 0 aliphatic carbocycles. The smallest absolute Gasteiger partial charge is 0.402 e. The maximum Gasteiger partial charge on any atom is 0.402 e. The van der Waals surface area contributed by atoms with E-state index in [2.05, 4.69) is 17.5 Å². The Bertz CT molecular complexity index is 291. The van der Waals surface area contributed by atoms with Gasteiger partial charge >= 0.3 is 12.1 Å². The van der Waals surface area contributed by atoms with Crippen LogP contribution in [0.5, 0.6) is 0 Å². The molecule has 1 aliphatic heterocycles. The molecule has 0 aromatic carbocycles. The van der Waals surface area contributed by atoms with E-state index in [1.54, 1.807) is 6.92 Å². The van der Waals surface area contributed by atoms with Crippen LogP contribution in [0.25, 0.3) is 0 Å². The van der Waals surface area contributed by atoms with Gasteiger partial charge in [0.25, 0.3) is 0 Å². The lowest BCUT2D eigenvalue weighted by molar-refractivity contribution is -0.149. The summed E-state index contributed by atoms with van der Waals surface area (Å²) in [5.74, 6) is 2.55. The number of hydrogen-bond donors (Lipinski definition) is 4. The minimum atomic E-state index is -1.33. The van der Waals surface area contributed by atoms with Gasteiger partial charge in [-0.1, -0.05) is 20.3 Å². The lowest BCUT2D eigenvalue weighted by Crippen LogP contribution is -2.32. The van der Waals surface area contributed by atoms with Crippen LogP contribution in [-0.2, 0) is 9.53 Å². The van der Waals surface area contributed by atoms with Gasteiger partial charge in [-0.15, -0.1) is 0 Å². The molecule has 1 rings (SSSR count). The number of aliphatic hydroxyl groups is 2. The Labute approximate surface area is 142 Å². The number of hydrogen-bond acceptors (Lipinski definition) is 6. The van der Waals surface area contributed by atoms with E-state index < -0.39 is 11.5 Å². The van der Waals surface area contributed by atoms with Crippen molar-refractivity contribution in [2.24, 2.45) is 11.1 Å². The quantitative estimate of drug-likeness (QED) is 0.536. The van der Waals surface area contributed by atoms with Crippen molar-refractivity contribution in [3.63, 3.8) is 0 Å². The number of primary amides is 1. The number of esters is 1. The van der Waals surface area contributed by atoms with Gasteiger partial charge in [0.05, 0.1) is 13.2 Å². The van der Waals surface area contributed by atoms with Gasteiger partial charge in [-0.05, 0) is 30.8 Å². The molecule has 1 heterocycles. The van der Waals surface area contributed by atoms with Gasteiger partial charge in [-0.3, -0.25) is 4.79 Å². The molecular formula is C15H31NO6S. The first kappa shape index (κ1) is 24.3. The standard InChI is InChI=1S/C9H18O4.C5H10S.CH3NO2/c1-3-4-8(12)13-7-9(2,5-10)6-11;1-2-4-6-5-3-1;2-1(3)4/h10-11H,3-7H2,1-2H3;1-5H2;2H2,(H,3,4). The Morgan fingerprint density at radius 1 is 1.17 bits per heavy atom. The zero-order valence-corrected chi connectivity index (χ0v) is 14.9. The van der Waals surface area contributed by atoms with Crippen molar-refractivity contribution in [1.29, 1.82) is 0 Å². The minimum absolute atomic E-state index is 0.0683. The number of nitrogens with two attached hydrogens (primary N) is 1. The van der Waals surface area contributed by atoms with Crippen molar-refractivity contribution in [2.45, 2.75) is 46.0 Å². The molecular weight excluding hydrogens is 322 g/mol. The zero-order valence-electron chi connectivity index (χ0n) is 14.1. The fraction of sp³-hybridized carbons (Fsp3) is 0.867. The molecule has 1 aliphatic rings. The van der Waals surface area contributed by atoms with Crippen molar-refractivity contribution in [2.75, 3.05) is 31.3 Å². The summed E-state index contributed by atoms with van der Waals surface area (Å²) in [4.78, 5) is 19.7. The summed E-state index contributed by atoms with van der Waals surface area (Å²) in [7, 11) is 0. The van der Waals surface area contributed by atoms with Crippen molar-refractivity contribution in [3.05, 3.63) is 0 Å². The largest absolute Gasteiger partial charge is 0.465 e. The molecule has 138 valence electrons. The average Bonchev–Trinajstić information content (AvgIpc) is 2.55. The molecule has 0 radical (unpaired) electrons. The lowest BCUT2D eigenvalue weighted by Gasteiger charge is -2.23. The first-order chi connectivity index (χ1) is 10.8. The van der Waals surface area contributed by atoms with Crippen LogP contribution in [0, 0.1) is 5.41 Å². The Kier molecular flexibility index (Phi) is 16.8. The van der Waals surface area contributed by atoms with E-state index >= 15 is 0 Å². The topological polar surface area (TPSA) is 130 Å². The van der Waals surface area contributed by atoms with Crippen LogP contribution >= 0.6 is 11.8 Å². The highest BCUT2D eigenvalue weighted by atomic mass is 32.2. The summed E-state index contributed by atoms with van der Waals surface area (Å²) < 4.78 is 4.87. The maximum atomic E-state index is 10.9. The van der Waals surface area contributed by atoms with Crippen LogP contribution in [0.3, 0.4) is 0 Å². The summed E-state index contributed by atoms with van der Waals surface area (Å²) in [5.41, 5.74) is 3.31. The van der Waals surface area contributed by atoms with Crippen LogP contribution in [0.4, 0.5) is 4.79 Å². The molecule has 7 nitrogen and oxygen atoms in total. The van der Waals surface area contributed by atoms with Gasteiger partial charge in [0, 0.05) is 11.8 Å². The third kappa shape index (κ3) is 19.0. The Hall–Kier alpha value is -0.990. The van der Waals surface area contributed by atoms with E-state index in [1.807, 2.05) is 6.92 Å². The van der Waals surface area contributed by atoms with Gasteiger partial charge < -0.3 is 25.8 Å². The average molecular weight is 353 g/mol. The third-order valence-corrected chi connectivity index (χ3v) is 4.03. The van der Waals surface area contributed by atoms with Crippen molar-refractivity contribution in [3.8, 4) is 0 Å². The molecule has 0 unspecified atom stereocenters. The number of carboxylic acid groups (broad SMARTS) is 1. The SMILES string of the molecule is C1CCSCC1.CCCC(=O)OCC(C)(CO)CO.NC(=O)O. The van der Waals surface area contributed by atoms with E-state index in [4.69, 9.17) is 24.9 Å². The van der Waals surface area contributed by atoms with Crippen molar-refractivity contribution >= 4 is 23.8 Å². The lowest BCUT2D eigenvalue weighted by atomic mass is 9.94. The number of thioether (sulfide) groups is 1. The fourth-order valence-electron chi connectivity index (χ4n) is 1.36. The summed E-state index contributed by atoms with van der Waals surface area (Å²) in [6.45, 7) is 3.23. The van der Waals surface area contributed by atoms with Crippen LogP contribution in [0.2, 0.25) is 0 Å². The summed E-state index contributed by atoms with van der Waals surface area (Å²) in [6, 6.07) is 0. The molecule has 1 fully saturated rings. The number of aliphatic hydroxyl groups excluding tert-OH is 2. The molecule has 23 heavy (non-hydrogen) atoms. The van der Waals surface area contributed by atoms with Crippen molar-refractivity contribution < 1.29 is 29.6 Å². The second-order valence-electron chi connectivity index (χ2n) is 5.55. The first-order valence-electron chi connectivity index (χ1n) is 7.74. The van der Waals surface area contributed by atoms with E-state index in [9.17, 15) is 4.79 Å². The fourth-order valence-corrected chi connectivity index (χ4v) is 2.38. The predicted octanol–water partition coefficient (Wildman–Crippen LogP) is 1.85. The predicted molar refractivity (Wildman–Crippen MR) is 91.5 cm³/mol. The highest BCUT2D eigenvalue weighted by Crippen LogP contribution is 2.15. The molecule has 0 atom stereocenters. The Morgan fingerprint density at radius 3 is 1.91 bits per heavy atom. The third-order valence-electron chi connectivity index (χ3n) is 2.88. The highest BCUT2D eigenvalue weighted by Gasteiger charge is 2.24. The number of carbonyl (C=O) groups excluding carboxylic acids is 1. The monoisotopic (exact) mass is 353 g/mol. The molecule has 5 N–H and O–H groups in total. The normalized spacial score (nSPS) is 13.7. The minimum Gasteiger partial charge on any atom is -0.465 e. The van der Waals surface area contributed by atoms with E-state index in [0.29, 0.717) is 6.42 Å². The van der Waals surface area contributed by atoms with Crippen LogP contribution in [-0.4, -0.2) is 58.7 Å². The van der Waals surface area contributed by atoms with E-state index in [1.165, 1.54) is 30.8 Å². The van der Waals surface area contributed by atoms with Crippen LogP contribution in [0.15, 0.2) is 0 Å². The van der Waals surface area contributed by atoms with Gasteiger partial charge in [0.2, 0.25) is 0 Å². The molecule has 1 saturated heterocycles. The second-order valence-corrected chi connectivity index (χ2v) is 6.77. The number of rotatable bonds is 6.